The molecule has 0 bridgehead atoms. The highest BCUT2D eigenvalue weighted by Gasteiger charge is 2.02. The van der Waals surface area contributed by atoms with Gasteiger partial charge >= 0.3 is 0 Å². The molecule has 0 aromatic heterocycles. The zero-order valence-electron chi connectivity index (χ0n) is 13.5. The minimum Gasteiger partial charge on any atom is -0.494 e. The lowest BCUT2D eigenvalue weighted by Crippen LogP contribution is -2.03. The Morgan fingerprint density at radius 2 is 1.68 bits per heavy atom. The highest BCUT2D eigenvalue weighted by molar-refractivity contribution is 5.56. The van der Waals surface area contributed by atoms with Gasteiger partial charge in [-0.05, 0) is 43.2 Å². The number of anilines is 1. The maximum atomic E-state index is 5.67. The zero-order chi connectivity index (χ0) is 15.6. The van der Waals surface area contributed by atoms with Crippen molar-refractivity contribution in [2.45, 2.75) is 33.2 Å². The van der Waals surface area contributed by atoms with Gasteiger partial charge in [-0.25, -0.2) is 0 Å². The van der Waals surface area contributed by atoms with Crippen molar-refractivity contribution in [2.75, 3.05) is 18.5 Å². The van der Waals surface area contributed by atoms with E-state index in [1.54, 1.807) is 0 Å². The maximum Gasteiger partial charge on any atom is 0.142 e. The molecule has 0 heterocycles. The molecule has 0 amide bonds. The first-order valence-electron chi connectivity index (χ1n) is 8.01. The third-order valence-corrected chi connectivity index (χ3v) is 3.36. The number of hydrogen-bond donors (Lipinski definition) is 1. The Morgan fingerprint density at radius 3 is 2.41 bits per heavy atom. The third kappa shape index (κ3) is 4.99. The van der Waals surface area contributed by atoms with E-state index in [9.17, 15) is 0 Å². The van der Waals surface area contributed by atoms with Gasteiger partial charge in [-0.1, -0.05) is 37.6 Å². The minimum atomic E-state index is 0.669. The molecule has 0 unspecified atom stereocenters. The molecule has 0 aliphatic rings. The predicted octanol–water partition coefficient (Wildman–Crippen LogP) is 4.88. The topological polar surface area (TPSA) is 30.5 Å². The molecule has 0 saturated heterocycles. The van der Waals surface area contributed by atoms with Crippen LogP contribution >= 0.6 is 0 Å². The maximum absolute atomic E-state index is 5.67. The van der Waals surface area contributed by atoms with Gasteiger partial charge < -0.3 is 14.8 Å². The van der Waals surface area contributed by atoms with Gasteiger partial charge in [0.05, 0.1) is 18.9 Å². The highest BCUT2D eigenvalue weighted by atomic mass is 16.5. The second-order valence-electron chi connectivity index (χ2n) is 5.13. The first-order valence-corrected chi connectivity index (χ1v) is 8.01. The van der Waals surface area contributed by atoms with Gasteiger partial charge in [-0.3, -0.25) is 0 Å². The van der Waals surface area contributed by atoms with Gasteiger partial charge in [0.25, 0.3) is 0 Å². The number of hydrogen-bond acceptors (Lipinski definition) is 3. The Balaban J connectivity index is 1.89. The van der Waals surface area contributed by atoms with Gasteiger partial charge in [0.1, 0.15) is 11.5 Å². The normalized spacial score (nSPS) is 10.3. The predicted molar refractivity (Wildman–Crippen MR) is 91.8 cm³/mol. The van der Waals surface area contributed by atoms with E-state index in [4.69, 9.17) is 9.47 Å². The number of rotatable bonds is 9. The standard InChI is InChI=1S/C19H25NO2/c1-3-5-14-22-17-12-10-16(11-13-17)15-20-18-8-6-7-9-19(18)21-4-2/h6-13,20H,3-5,14-15H2,1-2H3. The van der Waals surface area contributed by atoms with E-state index < -0.39 is 0 Å². The molecular weight excluding hydrogens is 274 g/mol. The van der Waals surface area contributed by atoms with Crippen molar-refractivity contribution < 1.29 is 9.47 Å². The van der Waals surface area contributed by atoms with Crippen molar-refractivity contribution >= 4 is 5.69 Å². The number of benzene rings is 2. The Labute approximate surface area is 133 Å². The van der Waals surface area contributed by atoms with Crippen molar-refractivity contribution in [3.05, 3.63) is 54.1 Å². The van der Waals surface area contributed by atoms with Crippen molar-refractivity contribution in [1.29, 1.82) is 0 Å². The minimum absolute atomic E-state index is 0.669. The summed E-state index contributed by atoms with van der Waals surface area (Å²) in [5.74, 6) is 1.83. The summed E-state index contributed by atoms with van der Waals surface area (Å²) in [7, 11) is 0. The van der Waals surface area contributed by atoms with Gasteiger partial charge in [0.2, 0.25) is 0 Å². The Hall–Kier alpha value is -2.16. The SMILES string of the molecule is CCCCOc1ccc(CNc2ccccc2OCC)cc1. The van der Waals surface area contributed by atoms with Gasteiger partial charge in [0.15, 0.2) is 0 Å². The van der Waals surface area contributed by atoms with Crippen molar-refractivity contribution in [3.63, 3.8) is 0 Å². The molecule has 0 radical (unpaired) electrons. The lowest BCUT2D eigenvalue weighted by atomic mass is 10.2. The molecule has 0 aliphatic carbocycles. The quantitative estimate of drug-likeness (QED) is 0.670. The fourth-order valence-electron chi connectivity index (χ4n) is 2.13. The molecule has 3 heteroatoms. The van der Waals surface area contributed by atoms with Crippen LogP contribution in [0.25, 0.3) is 0 Å². The van der Waals surface area contributed by atoms with Crippen LogP contribution < -0.4 is 14.8 Å². The van der Waals surface area contributed by atoms with Crippen LogP contribution in [0.3, 0.4) is 0 Å². The fraction of sp³-hybridized carbons (Fsp3) is 0.368. The summed E-state index contributed by atoms with van der Waals surface area (Å²) < 4.78 is 11.3. The van der Waals surface area contributed by atoms with Gasteiger partial charge in [-0.2, -0.15) is 0 Å². The summed E-state index contributed by atoms with van der Waals surface area (Å²) in [6.07, 6.45) is 2.25. The van der Waals surface area contributed by atoms with Crippen LogP contribution in [0.2, 0.25) is 0 Å². The lowest BCUT2D eigenvalue weighted by Gasteiger charge is -2.12. The van der Waals surface area contributed by atoms with E-state index >= 15 is 0 Å². The van der Waals surface area contributed by atoms with Gasteiger partial charge in [0, 0.05) is 6.54 Å². The van der Waals surface area contributed by atoms with Crippen molar-refractivity contribution in [1.82, 2.24) is 0 Å². The van der Waals surface area contributed by atoms with E-state index in [0.717, 1.165) is 43.2 Å². The van der Waals surface area contributed by atoms with E-state index in [0.29, 0.717) is 6.61 Å². The van der Waals surface area contributed by atoms with Crippen LogP contribution in [0, 0.1) is 0 Å². The monoisotopic (exact) mass is 299 g/mol. The average Bonchev–Trinajstić information content (AvgIpc) is 2.56. The molecule has 0 fully saturated rings. The molecule has 1 N–H and O–H groups in total. The van der Waals surface area contributed by atoms with E-state index in [1.165, 1.54) is 5.56 Å². The zero-order valence-corrected chi connectivity index (χ0v) is 13.5. The number of nitrogens with one attached hydrogen (secondary N) is 1. The number of para-hydroxylation sites is 2. The smallest absolute Gasteiger partial charge is 0.142 e. The Morgan fingerprint density at radius 1 is 0.909 bits per heavy atom. The number of ether oxygens (including phenoxy) is 2. The summed E-state index contributed by atoms with van der Waals surface area (Å²) in [6.45, 7) is 6.38. The first kappa shape index (κ1) is 16.2. The van der Waals surface area contributed by atoms with E-state index in [2.05, 4.69) is 24.4 Å². The summed E-state index contributed by atoms with van der Waals surface area (Å²) in [5.41, 5.74) is 2.24. The van der Waals surface area contributed by atoms with Crippen LogP contribution in [-0.4, -0.2) is 13.2 Å². The molecule has 0 spiro atoms. The van der Waals surface area contributed by atoms with Crippen LogP contribution in [0.4, 0.5) is 5.69 Å². The Kier molecular flexibility index (Phi) is 6.62. The molecule has 2 aromatic rings. The first-order chi connectivity index (χ1) is 10.8. The summed E-state index contributed by atoms with van der Waals surface area (Å²) in [4.78, 5) is 0. The molecule has 0 atom stereocenters. The van der Waals surface area contributed by atoms with Crippen LogP contribution in [0.15, 0.2) is 48.5 Å². The van der Waals surface area contributed by atoms with Crippen LogP contribution in [0.1, 0.15) is 32.3 Å². The van der Waals surface area contributed by atoms with E-state index in [-0.39, 0.29) is 0 Å². The molecule has 0 saturated carbocycles. The Bertz CT molecular complexity index is 552. The summed E-state index contributed by atoms with van der Waals surface area (Å²) in [5, 5.41) is 3.42. The molecule has 118 valence electrons. The van der Waals surface area contributed by atoms with Crippen LogP contribution in [0.5, 0.6) is 11.5 Å². The lowest BCUT2D eigenvalue weighted by molar-refractivity contribution is 0.309. The van der Waals surface area contributed by atoms with Crippen molar-refractivity contribution in [2.24, 2.45) is 0 Å². The van der Waals surface area contributed by atoms with Crippen LogP contribution in [-0.2, 0) is 6.54 Å². The third-order valence-electron chi connectivity index (χ3n) is 3.36. The molecule has 2 rings (SSSR count). The van der Waals surface area contributed by atoms with Crippen molar-refractivity contribution in [3.8, 4) is 11.5 Å². The molecule has 0 aliphatic heterocycles. The second kappa shape index (κ2) is 8.98. The van der Waals surface area contributed by atoms with E-state index in [1.807, 2.05) is 43.3 Å². The summed E-state index contributed by atoms with van der Waals surface area (Å²) >= 11 is 0. The second-order valence-corrected chi connectivity index (χ2v) is 5.13. The highest BCUT2D eigenvalue weighted by Crippen LogP contribution is 2.24. The average molecular weight is 299 g/mol. The fourth-order valence-corrected chi connectivity index (χ4v) is 2.13. The molecule has 22 heavy (non-hydrogen) atoms. The largest absolute Gasteiger partial charge is 0.494 e. The molecule has 3 nitrogen and oxygen atoms in total. The summed E-state index contributed by atoms with van der Waals surface area (Å²) in [6, 6.07) is 16.3. The number of unbranched alkanes of at least 4 members (excludes halogenated alkanes) is 1. The molecule has 2 aromatic carbocycles. The van der Waals surface area contributed by atoms with Gasteiger partial charge in [-0.15, -0.1) is 0 Å². The molecular formula is C19H25NO2.